The summed E-state index contributed by atoms with van der Waals surface area (Å²) in [6, 6.07) is 9.98. The average molecular weight is 364 g/mol. The van der Waals surface area contributed by atoms with Crippen molar-refractivity contribution in [3.63, 3.8) is 0 Å². The molecule has 0 spiro atoms. The van der Waals surface area contributed by atoms with Gasteiger partial charge < -0.3 is 10.6 Å². The lowest BCUT2D eigenvalue weighted by Crippen LogP contribution is -2.49. The predicted molar refractivity (Wildman–Crippen MR) is 100 cm³/mol. The summed E-state index contributed by atoms with van der Waals surface area (Å²) in [7, 11) is 0. The minimum atomic E-state index is 0. The van der Waals surface area contributed by atoms with Gasteiger partial charge in [0.1, 0.15) is 0 Å². The molecule has 1 aromatic heterocycles. The van der Waals surface area contributed by atoms with Crippen LogP contribution in [-0.2, 0) is 11.2 Å². The van der Waals surface area contributed by atoms with E-state index in [0.717, 1.165) is 36.5 Å². The fraction of sp³-hybridized carbons (Fsp3) is 0.500. The smallest absolute Gasteiger partial charge is 0.229 e. The van der Waals surface area contributed by atoms with E-state index in [1.165, 1.54) is 0 Å². The standard InChI is InChI=1S/C18H25N5O.ClH/c1-13-8-9-22(16(10-13)12-19)18(24)11-17-14(2)23(21-20-17)15-6-4-3-5-7-15;/h3-7,13,16H,8-12,19H2,1-2H3;1H. The lowest BCUT2D eigenvalue weighted by atomic mass is 9.92. The molecule has 0 saturated carbocycles. The van der Waals surface area contributed by atoms with Gasteiger partial charge in [-0.1, -0.05) is 30.3 Å². The molecule has 7 heteroatoms. The van der Waals surface area contributed by atoms with Crippen LogP contribution in [0, 0.1) is 12.8 Å². The topological polar surface area (TPSA) is 77.0 Å². The first-order valence-corrected chi connectivity index (χ1v) is 8.56. The van der Waals surface area contributed by atoms with Crippen LogP contribution in [0.1, 0.15) is 31.2 Å². The van der Waals surface area contributed by atoms with Crippen molar-refractivity contribution >= 4 is 18.3 Å². The Hall–Kier alpha value is -1.92. The molecule has 25 heavy (non-hydrogen) atoms. The molecular formula is C18H26ClN5O. The van der Waals surface area contributed by atoms with Crippen LogP contribution in [0.3, 0.4) is 0 Å². The molecule has 1 fully saturated rings. The number of piperidine rings is 1. The van der Waals surface area contributed by atoms with Crippen molar-refractivity contribution in [1.82, 2.24) is 19.9 Å². The SMILES string of the molecule is Cc1c(CC(=O)N2CCC(C)CC2CN)nnn1-c1ccccc1.Cl. The first-order chi connectivity index (χ1) is 11.6. The second-order valence-corrected chi connectivity index (χ2v) is 6.65. The Kier molecular flexibility index (Phi) is 6.56. The number of carbonyl (C=O) groups is 1. The van der Waals surface area contributed by atoms with Crippen molar-refractivity contribution in [3.05, 3.63) is 41.7 Å². The second-order valence-electron chi connectivity index (χ2n) is 6.65. The molecule has 2 N–H and O–H groups in total. The molecule has 0 radical (unpaired) electrons. The van der Waals surface area contributed by atoms with Gasteiger partial charge in [0, 0.05) is 19.1 Å². The highest BCUT2D eigenvalue weighted by Gasteiger charge is 2.29. The maximum Gasteiger partial charge on any atom is 0.229 e. The van der Waals surface area contributed by atoms with Crippen LogP contribution < -0.4 is 5.73 Å². The number of amides is 1. The van der Waals surface area contributed by atoms with E-state index in [-0.39, 0.29) is 30.8 Å². The van der Waals surface area contributed by atoms with Crippen molar-refractivity contribution in [2.45, 2.75) is 39.2 Å². The lowest BCUT2D eigenvalue weighted by molar-refractivity contribution is -0.134. The first kappa shape index (κ1) is 19.4. The molecule has 3 rings (SSSR count). The zero-order chi connectivity index (χ0) is 17.1. The third-order valence-electron chi connectivity index (χ3n) is 4.88. The van der Waals surface area contributed by atoms with Crippen LogP contribution in [0.4, 0.5) is 0 Å². The van der Waals surface area contributed by atoms with Gasteiger partial charge in [0.2, 0.25) is 5.91 Å². The fourth-order valence-corrected chi connectivity index (χ4v) is 3.39. The Morgan fingerprint density at radius 1 is 1.32 bits per heavy atom. The van der Waals surface area contributed by atoms with Crippen molar-refractivity contribution in [2.24, 2.45) is 11.7 Å². The van der Waals surface area contributed by atoms with E-state index in [0.29, 0.717) is 12.5 Å². The number of hydrogen-bond acceptors (Lipinski definition) is 4. The highest BCUT2D eigenvalue weighted by Crippen LogP contribution is 2.23. The van der Waals surface area contributed by atoms with Gasteiger partial charge in [0.15, 0.2) is 0 Å². The molecule has 2 atom stereocenters. The van der Waals surface area contributed by atoms with E-state index in [9.17, 15) is 4.79 Å². The third-order valence-corrected chi connectivity index (χ3v) is 4.88. The van der Waals surface area contributed by atoms with Gasteiger partial charge in [-0.25, -0.2) is 4.68 Å². The van der Waals surface area contributed by atoms with E-state index in [4.69, 9.17) is 5.73 Å². The van der Waals surface area contributed by atoms with E-state index < -0.39 is 0 Å². The number of halogens is 1. The van der Waals surface area contributed by atoms with E-state index in [2.05, 4.69) is 17.2 Å². The highest BCUT2D eigenvalue weighted by atomic mass is 35.5. The summed E-state index contributed by atoms with van der Waals surface area (Å²) in [5.74, 6) is 0.726. The Morgan fingerprint density at radius 2 is 2.04 bits per heavy atom. The number of likely N-dealkylation sites (tertiary alicyclic amines) is 1. The van der Waals surface area contributed by atoms with Crippen molar-refractivity contribution < 1.29 is 4.79 Å². The van der Waals surface area contributed by atoms with Crippen molar-refractivity contribution in [1.29, 1.82) is 0 Å². The van der Waals surface area contributed by atoms with Gasteiger partial charge in [-0.3, -0.25) is 4.79 Å². The average Bonchev–Trinajstić information content (AvgIpc) is 2.96. The zero-order valence-corrected chi connectivity index (χ0v) is 15.6. The molecule has 1 aromatic carbocycles. The van der Waals surface area contributed by atoms with E-state index in [1.54, 1.807) is 4.68 Å². The summed E-state index contributed by atoms with van der Waals surface area (Å²) in [5.41, 5.74) is 8.46. The highest BCUT2D eigenvalue weighted by molar-refractivity contribution is 5.85. The number of aromatic nitrogens is 3. The van der Waals surface area contributed by atoms with Crippen molar-refractivity contribution in [2.75, 3.05) is 13.1 Å². The molecule has 6 nitrogen and oxygen atoms in total. The molecular weight excluding hydrogens is 338 g/mol. The van der Waals surface area contributed by atoms with E-state index >= 15 is 0 Å². The van der Waals surface area contributed by atoms with Crippen LogP contribution in [0.25, 0.3) is 5.69 Å². The van der Waals surface area contributed by atoms with Crippen LogP contribution >= 0.6 is 12.4 Å². The third kappa shape index (κ3) is 4.19. The molecule has 1 amide bonds. The largest absolute Gasteiger partial charge is 0.338 e. The maximum absolute atomic E-state index is 12.7. The zero-order valence-electron chi connectivity index (χ0n) is 14.8. The Labute approximate surface area is 154 Å². The summed E-state index contributed by atoms with van der Waals surface area (Å²) < 4.78 is 1.78. The molecule has 1 aliphatic heterocycles. The lowest BCUT2D eigenvalue weighted by Gasteiger charge is -2.38. The van der Waals surface area contributed by atoms with Crippen LogP contribution in [0.5, 0.6) is 0 Å². The number of benzene rings is 1. The summed E-state index contributed by atoms with van der Waals surface area (Å²) in [4.78, 5) is 14.7. The first-order valence-electron chi connectivity index (χ1n) is 8.56. The molecule has 0 aliphatic carbocycles. The second kappa shape index (κ2) is 8.45. The molecule has 2 unspecified atom stereocenters. The number of para-hydroxylation sites is 1. The maximum atomic E-state index is 12.7. The van der Waals surface area contributed by atoms with Gasteiger partial charge in [0.05, 0.1) is 23.5 Å². The Bertz CT molecular complexity index is 703. The molecule has 136 valence electrons. The summed E-state index contributed by atoms with van der Waals surface area (Å²) in [6.07, 6.45) is 2.30. The summed E-state index contributed by atoms with van der Waals surface area (Å²) >= 11 is 0. The van der Waals surface area contributed by atoms with Crippen LogP contribution in [0.15, 0.2) is 30.3 Å². The van der Waals surface area contributed by atoms with Crippen molar-refractivity contribution in [3.8, 4) is 5.69 Å². The van der Waals surface area contributed by atoms with Gasteiger partial charge in [0.25, 0.3) is 0 Å². The number of carbonyl (C=O) groups excluding carboxylic acids is 1. The molecule has 0 bridgehead atoms. The number of nitrogens with two attached hydrogens (primary N) is 1. The van der Waals surface area contributed by atoms with Crippen LogP contribution in [-0.4, -0.2) is 44.9 Å². The van der Waals surface area contributed by atoms with Crippen LogP contribution in [0.2, 0.25) is 0 Å². The predicted octanol–water partition coefficient (Wildman–Crippen LogP) is 2.13. The quantitative estimate of drug-likeness (QED) is 0.902. The number of nitrogens with zero attached hydrogens (tertiary/aromatic N) is 4. The molecule has 1 aliphatic rings. The monoisotopic (exact) mass is 363 g/mol. The fourth-order valence-electron chi connectivity index (χ4n) is 3.39. The molecule has 2 aromatic rings. The van der Waals surface area contributed by atoms with E-state index in [1.807, 2.05) is 42.2 Å². The van der Waals surface area contributed by atoms with Gasteiger partial charge in [-0.15, -0.1) is 17.5 Å². The number of hydrogen-bond donors (Lipinski definition) is 1. The Balaban J connectivity index is 0.00000225. The molecule has 1 saturated heterocycles. The van der Waals surface area contributed by atoms with Gasteiger partial charge in [-0.05, 0) is 37.8 Å². The van der Waals surface area contributed by atoms with Gasteiger partial charge >= 0.3 is 0 Å². The molecule has 2 heterocycles. The minimum absolute atomic E-state index is 0. The van der Waals surface area contributed by atoms with Gasteiger partial charge in [-0.2, -0.15) is 0 Å². The normalized spacial score (nSPS) is 20.2. The minimum Gasteiger partial charge on any atom is -0.338 e. The summed E-state index contributed by atoms with van der Waals surface area (Å²) in [6.45, 7) is 5.48. The Morgan fingerprint density at radius 3 is 2.72 bits per heavy atom. The summed E-state index contributed by atoms with van der Waals surface area (Å²) in [5, 5.41) is 8.43. The number of rotatable bonds is 4.